The monoisotopic (exact) mass is 274 g/mol. The smallest absolute Gasteiger partial charge is 0.387 e. The summed E-state index contributed by atoms with van der Waals surface area (Å²) in [4.78, 5) is 0. The van der Waals surface area contributed by atoms with Gasteiger partial charge in [0.15, 0.2) is 0 Å². The van der Waals surface area contributed by atoms with Crippen LogP contribution in [0.15, 0.2) is 30.3 Å². The van der Waals surface area contributed by atoms with Crippen LogP contribution in [0, 0.1) is 5.92 Å². The van der Waals surface area contributed by atoms with E-state index < -0.39 is 6.61 Å². The minimum Gasteiger partial charge on any atom is -0.435 e. The van der Waals surface area contributed by atoms with Crippen LogP contribution in [0.2, 0.25) is 0 Å². The Hall–Kier alpha value is -1.12. The van der Waals surface area contributed by atoms with Crippen LogP contribution in [-0.2, 0) is 0 Å². The Labute approximate surface area is 117 Å². The van der Waals surface area contributed by atoms with Gasteiger partial charge in [-0.15, -0.1) is 0 Å². The number of alkyl halides is 2. The lowest BCUT2D eigenvalue weighted by molar-refractivity contribution is -0.0498. The molecule has 0 aromatic heterocycles. The Kier molecular flexibility index (Phi) is 15.9. The molecule has 0 N–H and O–H groups in total. The van der Waals surface area contributed by atoms with E-state index in [0.29, 0.717) is 0 Å². The molecule has 2 rings (SSSR count). The Bertz CT molecular complexity index is 259. The highest BCUT2D eigenvalue weighted by Crippen LogP contribution is 2.31. The lowest BCUT2D eigenvalue weighted by Crippen LogP contribution is -2.00. The summed E-state index contributed by atoms with van der Waals surface area (Å²) in [5.41, 5.74) is 0. The molecule has 0 aliphatic heterocycles. The molecule has 1 aromatic carbocycles. The minimum absolute atomic E-state index is 0.192. The summed E-state index contributed by atoms with van der Waals surface area (Å²) in [5, 5.41) is 0. The van der Waals surface area contributed by atoms with E-state index in [2.05, 4.69) is 11.7 Å². The zero-order valence-corrected chi connectivity index (χ0v) is 12.8. The van der Waals surface area contributed by atoms with E-state index in [-0.39, 0.29) is 5.75 Å². The van der Waals surface area contributed by atoms with Crippen molar-refractivity contribution in [3.8, 4) is 5.75 Å². The van der Waals surface area contributed by atoms with Crippen molar-refractivity contribution in [3.05, 3.63) is 30.3 Å². The van der Waals surface area contributed by atoms with Gasteiger partial charge in [0.2, 0.25) is 0 Å². The molecule has 0 atom stereocenters. The van der Waals surface area contributed by atoms with E-state index >= 15 is 0 Å². The lowest BCUT2D eigenvalue weighted by atomic mass is 10.3. The van der Waals surface area contributed by atoms with Crippen LogP contribution in [0.25, 0.3) is 0 Å². The fraction of sp³-hybridized carbons (Fsp3) is 0.625. The fourth-order valence-electron chi connectivity index (χ4n) is 1.13. The Morgan fingerprint density at radius 3 is 1.79 bits per heavy atom. The van der Waals surface area contributed by atoms with E-state index in [1.165, 1.54) is 31.4 Å². The van der Waals surface area contributed by atoms with Gasteiger partial charge >= 0.3 is 6.61 Å². The summed E-state index contributed by atoms with van der Waals surface area (Å²) >= 11 is 0. The first kappa shape index (κ1) is 20.2. The topological polar surface area (TPSA) is 9.23 Å². The van der Waals surface area contributed by atoms with E-state index in [4.69, 9.17) is 0 Å². The first-order valence-corrected chi connectivity index (χ1v) is 7.22. The average Bonchev–Trinajstić information content (AvgIpc) is 3.28. The summed E-state index contributed by atoms with van der Waals surface area (Å²) in [6.07, 6.45) is 4.44. The fourth-order valence-corrected chi connectivity index (χ4v) is 1.13. The van der Waals surface area contributed by atoms with Crippen molar-refractivity contribution in [1.29, 1.82) is 0 Å². The Balaban J connectivity index is 0. The summed E-state index contributed by atoms with van der Waals surface area (Å²) in [6, 6.07) is 7.96. The zero-order valence-electron chi connectivity index (χ0n) is 12.8. The molecule has 19 heavy (non-hydrogen) atoms. The molecular weight excluding hydrogens is 246 g/mol. The van der Waals surface area contributed by atoms with Crippen molar-refractivity contribution >= 4 is 0 Å². The van der Waals surface area contributed by atoms with E-state index in [0.717, 1.165) is 5.92 Å². The highest BCUT2D eigenvalue weighted by Gasteiger charge is 2.17. The molecule has 1 saturated carbocycles. The molecule has 0 amide bonds. The van der Waals surface area contributed by atoms with E-state index in [1.54, 1.807) is 18.2 Å². The van der Waals surface area contributed by atoms with E-state index in [1.807, 2.05) is 27.7 Å². The van der Waals surface area contributed by atoms with Crippen LogP contribution in [0.1, 0.15) is 53.9 Å². The van der Waals surface area contributed by atoms with Crippen LogP contribution in [0.3, 0.4) is 0 Å². The number of rotatable bonds is 3. The second-order valence-electron chi connectivity index (χ2n) is 3.54. The molecule has 0 spiro atoms. The maximum absolute atomic E-state index is 11.5. The molecule has 0 saturated heterocycles. The maximum atomic E-state index is 11.5. The Morgan fingerprint density at radius 1 is 1.05 bits per heavy atom. The highest BCUT2D eigenvalue weighted by atomic mass is 19.3. The summed E-state index contributed by atoms with van der Waals surface area (Å²) in [7, 11) is 0. The third-order valence-electron chi connectivity index (χ3n) is 2.24. The molecule has 0 bridgehead atoms. The molecule has 112 valence electrons. The summed E-state index contributed by atoms with van der Waals surface area (Å²) < 4.78 is 27.1. The van der Waals surface area contributed by atoms with E-state index in [9.17, 15) is 8.78 Å². The molecule has 1 fully saturated rings. The van der Waals surface area contributed by atoms with Crippen molar-refractivity contribution in [2.24, 2.45) is 5.92 Å². The zero-order chi connectivity index (χ0) is 15.1. The van der Waals surface area contributed by atoms with Crippen LogP contribution < -0.4 is 4.74 Å². The second kappa shape index (κ2) is 14.9. The molecule has 0 radical (unpaired) electrons. The molecule has 0 unspecified atom stereocenters. The molecule has 1 aromatic rings. The minimum atomic E-state index is -2.73. The van der Waals surface area contributed by atoms with Gasteiger partial charge in [-0.3, -0.25) is 0 Å². The SMILES string of the molecule is CC.CC.CCC1CC1.FC(F)Oc1ccccc1. The van der Waals surface area contributed by atoms with Crippen LogP contribution >= 0.6 is 0 Å². The molecule has 0 heterocycles. The van der Waals surface area contributed by atoms with Gasteiger partial charge in [0, 0.05) is 0 Å². The van der Waals surface area contributed by atoms with Gasteiger partial charge in [-0.1, -0.05) is 72.1 Å². The van der Waals surface area contributed by atoms with Gasteiger partial charge in [0.25, 0.3) is 0 Å². The highest BCUT2D eigenvalue weighted by molar-refractivity contribution is 5.20. The maximum Gasteiger partial charge on any atom is 0.387 e. The number of hydrogen-bond donors (Lipinski definition) is 0. The molecule has 1 nitrogen and oxygen atoms in total. The summed E-state index contributed by atoms with van der Waals surface area (Å²) in [6.45, 7) is 7.53. The normalized spacial score (nSPS) is 12.0. The van der Waals surface area contributed by atoms with Crippen LogP contribution in [-0.4, -0.2) is 6.61 Å². The standard InChI is InChI=1S/C7H6F2O.C5H10.2C2H6/c8-7(9)10-6-4-2-1-3-5-6;1-2-5-3-4-5;2*1-2/h1-5,7H;5H,2-4H2,1H3;2*1-2H3. The first-order valence-electron chi connectivity index (χ1n) is 7.22. The first-order chi connectivity index (χ1) is 9.22. The van der Waals surface area contributed by atoms with Crippen molar-refractivity contribution in [2.75, 3.05) is 0 Å². The number of benzene rings is 1. The quantitative estimate of drug-likeness (QED) is 0.642. The third-order valence-corrected chi connectivity index (χ3v) is 2.24. The van der Waals surface area contributed by atoms with Crippen molar-refractivity contribution in [1.82, 2.24) is 0 Å². The summed E-state index contributed by atoms with van der Waals surface area (Å²) in [5.74, 6) is 1.33. The van der Waals surface area contributed by atoms with Gasteiger partial charge in [0.05, 0.1) is 0 Å². The Morgan fingerprint density at radius 2 is 1.53 bits per heavy atom. The third kappa shape index (κ3) is 14.8. The molecular formula is C16H28F2O. The molecule has 1 aliphatic carbocycles. The lowest BCUT2D eigenvalue weighted by Gasteiger charge is -2.01. The van der Waals surface area contributed by atoms with Crippen molar-refractivity contribution in [3.63, 3.8) is 0 Å². The van der Waals surface area contributed by atoms with Gasteiger partial charge in [-0.2, -0.15) is 8.78 Å². The van der Waals surface area contributed by atoms with Crippen LogP contribution in [0.5, 0.6) is 5.75 Å². The number of para-hydroxylation sites is 1. The molecule has 1 aliphatic rings. The number of hydrogen-bond acceptors (Lipinski definition) is 1. The van der Waals surface area contributed by atoms with Crippen molar-refractivity contribution < 1.29 is 13.5 Å². The number of halogens is 2. The van der Waals surface area contributed by atoms with Gasteiger partial charge < -0.3 is 4.74 Å². The van der Waals surface area contributed by atoms with Crippen molar-refractivity contribution in [2.45, 2.75) is 60.5 Å². The predicted molar refractivity (Wildman–Crippen MR) is 78.8 cm³/mol. The predicted octanol–water partition coefficient (Wildman–Crippen LogP) is 6.15. The van der Waals surface area contributed by atoms with Gasteiger partial charge in [-0.05, 0) is 18.1 Å². The average molecular weight is 274 g/mol. The van der Waals surface area contributed by atoms with Gasteiger partial charge in [-0.25, -0.2) is 0 Å². The number of ether oxygens (including phenoxy) is 1. The van der Waals surface area contributed by atoms with Crippen LogP contribution in [0.4, 0.5) is 8.78 Å². The largest absolute Gasteiger partial charge is 0.435 e. The molecule has 3 heteroatoms. The van der Waals surface area contributed by atoms with Gasteiger partial charge in [0.1, 0.15) is 5.75 Å². The second-order valence-corrected chi connectivity index (χ2v) is 3.54.